The number of H-pyrrole nitrogens is 1. The topological polar surface area (TPSA) is 125 Å². The van der Waals surface area contributed by atoms with Gasteiger partial charge < -0.3 is 29.6 Å². The molecule has 0 unspecified atom stereocenters. The Morgan fingerprint density at radius 2 is 2.00 bits per heavy atom. The molecule has 11 heteroatoms. The fraction of sp³-hybridized carbons (Fsp3) is 0.222. The number of benzene rings is 2. The van der Waals surface area contributed by atoms with Crippen molar-refractivity contribution in [1.82, 2.24) is 9.97 Å². The number of halogens is 2. The highest BCUT2D eigenvalue weighted by atomic mass is 19.1. The van der Waals surface area contributed by atoms with Gasteiger partial charge in [0, 0.05) is 46.8 Å². The Balaban J connectivity index is 1.48. The molecule has 0 spiro atoms. The molecule has 194 valence electrons. The quantitative estimate of drug-likeness (QED) is 0.328. The summed E-state index contributed by atoms with van der Waals surface area (Å²) < 4.78 is 46.7. The van der Waals surface area contributed by atoms with Crippen molar-refractivity contribution in [2.45, 2.75) is 6.92 Å². The van der Waals surface area contributed by atoms with Crippen LogP contribution in [0.5, 0.6) is 17.2 Å². The fourth-order valence-corrected chi connectivity index (χ4v) is 4.10. The molecule has 0 radical (unpaired) electrons. The molecule has 5 rings (SSSR count). The summed E-state index contributed by atoms with van der Waals surface area (Å²) in [4.78, 5) is 11.5. The molecule has 2 aromatic heterocycles. The maximum absolute atomic E-state index is 15.1. The van der Waals surface area contributed by atoms with E-state index in [4.69, 9.17) is 14.2 Å². The standard InChI is InChI=1S/C27H23F2N5O4/c1-27(13-35)12-33-26(37-14-27)34-15-8-19(28)24(20(29)9-15)38-22-6-7-31-25-23(22)18(11-32-25)16-4-3-5-21(36-2)17(16)10-30/h3-9,11,35H,12-14H2,1-2H3,(H,31,32)(H,33,34)/t27-/m1/s1. The number of nitrogens with one attached hydrogen (secondary N) is 2. The maximum Gasteiger partial charge on any atom is 0.289 e. The van der Waals surface area contributed by atoms with Gasteiger partial charge in [-0.05, 0) is 12.1 Å². The number of aromatic amines is 1. The molecule has 2 aromatic carbocycles. The number of hydrogen-bond donors (Lipinski definition) is 3. The van der Waals surface area contributed by atoms with Crippen LogP contribution >= 0.6 is 0 Å². The van der Waals surface area contributed by atoms with Gasteiger partial charge in [-0.25, -0.2) is 18.8 Å². The molecule has 0 saturated heterocycles. The van der Waals surface area contributed by atoms with Crippen molar-refractivity contribution in [1.29, 1.82) is 5.26 Å². The van der Waals surface area contributed by atoms with Gasteiger partial charge in [-0.2, -0.15) is 5.26 Å². The lowest BCUT2D eigenvalue weighted by Gasteiger charge is -2.30. The molecular formula is C27H23F2N5O4. The zero-order chi connectivity index (χ0) is 26.9. The normalized spacial score (nSPS) is 16.9. The van der Waals surface area contributed by atoms with Crippen LogP contribution in [0.25, 0.3) is 22.2 Å². The van der Waals surface area contributed by atoms with Crippen LogP contribution in [0.3, 0.4) is 0 Å². The van der Waals surface area contributed by atoms with Gasteiger partial charge in [0.1, 0.15) is 35.4 Å². The summed E-state index contributed by atoms with van der Waals surface area (Å²) in [6.45, 7) is 2.23. The van der Waals surface area contributed by atoms with Crippen LogP contribution in [0.15, 0.2) is 53.8 Å². The molecule has 3 N–H and O–H groups in total. The number of ether oxygens (including phenoxy) is 3. The summed E-state index contributed by atoms with van der Waals surface area (Å²) >= 11 is 0. The minimum Gasteiger partial charge on any atom is -0.495 e. The number of aliphatic hydroxyl groups is 1. The maximum atomic E-state index is 15.1. The summed E-state index contributed by atoms with van der Waals surface area (Å²) in [6.07, 6.45) is 3.09. The van der Waals surface area contributed by atoms with Gasteiger partial charge in [-0.1, -0.05) is 19.1 Å². The SMILES string of the molecule is COc1cccc(-c2c[nH]c3nccc(Oc4c(F)cc(NC5=NC[C@](C)(CO)CO5)cc4F)c23)c1C#N. The number of nitrogens with zero attached hydrogens (tertiary/aromatic N) is 3. The van der Waals surface area contributed by atoms with E-state index in [0.29, 0.717) is 40.0 Å². The second-order valence-electron chi connectivity index (χ2n) is 9.10. The van der Waals surface area contributed by atoms with Gasteiger partial charge in [0.15, 0.2) is 17.4 Å². The predicted octanol–water partition coefficient (Wildman–Crippen LogP) is 4.98. The molecule has 0 bridgehead atoms. The van der Waals surface area contributed by atoms with Crippen molar-refractivity contribution in [2.75, 3.05) is 32.2 Å². The third kappa shape index (κ3) is 4.57. The number of anilines is 1. The lowest BCUT2D eigenvalue weighted by Crippen LogP contribution is -2.38. The average Bonchev–Trinajstić information content (AvgIpc) is 3.36. The van der Waals surface area contributed by atoms with Crippen LogP contribution in [0, 0.1) is 28.4 Å². The number of rotatable bonds is 6. The monoisotopic (exact) mass is 519 g/mol. The highest BCUT2D eigenvalue weighted by Gasteiger charge is 2.29. The first-order valence-corrected chi connectivity index (χ1v) is 11.6. The van der Waals surface area contributed by atoms with E-state index in [9.17, 15) is 10.4 Å². The number of amidine groups is 1. The third-order valence-electron chi connectivity index (χ3n) is 6.19. The van der Waals surface area contributed by atoms with E-state index >= 15 is 8.78 Å². The number of nitriles is 1. The van der Waals surface area contributed by atoms with E-state index in [1.54, 1.807) is 24.4 Å². The van der Waals surface area contributed by atoms with Crippen molar-refractivity contribution in [3.05, 3.63) is 66.0 Å². The van der Waals surface area contributed by atoms with E-state index in [1.807, 2.05) is 6.92 Å². The van der Waals surface area contributed by atoms with Crippen LogP contribution < -0.4 is 14.8 Å². The van der Waals surface area contributed by atoms with E-state index in [1.165, 1.54) is 19.4 Å². The molecule has 1 atom stereocenters. The molecule has 1 aliphatic rings. The first-order valence-electron chi connectivity index (χ1n) is 11.6. The first-order chi connectivity index (χ1) is 18.4. The van der Waals surface area contributed by atoms with Gasteiger partial charge in [0.2, 0.25) is 0 Å². The number of fused-ring (bicyclic) bond motifs is 1. The molecule has 4 aromatic rings. The summed E-state index contributed by atoms with van der Waals surface area (Å²) in [5.74, 6) is -1.99. The Labute approximate surface area is 216 Å². The van der Waals surface area contributed by atoms with Crippen molar-refractivity contribution >= 4 is 22.7 Å². The zero-order valence-corrected chi connectivity index (χ0v) is 20.5. The summed E-state index contributed by atoms with van der Waals surface area (Å²) in [5.41, 5.74) is 1.37. The number of hydrogen-bond acceptors (Lipinski definition) is 8. The Morgan fingerprint density at radius 3 is 2.66 bits per heavy atom. The molecular weight excluding hydrogens is 496 g/mol. The van der Waals surface area contributed by atoms with Crippen LogP contribution in [0.2, 0.25) is 0 Å². The first kappa shape index (κ1) is 25.0. The van der Waals surface area contributed by atoms with Gasteiger partial charge in [-0.15, -0.1) is 0 Å². The zero-order valence-electron chi connectivity index (χ0n) is 20.5. The minimum atomic E-state index is -0.953. The van der Waals surface area contributed by atoms with E-state index in [0.717, 1.165) is 12.1 Å². The summed E-state index contributed by atoms with van der Waals surface area (Å²) in [6, 6.07) is 11.0. The fourth-order valence-electron chi connectivity index (χ4n) is 4.10. The van der Waals surface area contributed by atoms with E-state index < -0.39 is 22.8 Å². The molecule has 3 heterocycles. The lowest BCUT2D eigenvalue weighted by molar-refractivity contribution is 0.0706. The average molecular weight is 520 g/mol. The van der Waals surface area contributed by atoms with Crippen molar-refractivity contribution < 1.29 is 28.1 Å². The number of aromatic nitrogens is 2. The largest absolute Gasteiger partial charge is 0.495 e. The highest BCUT2D eigenvalue weighted by Crippen LogP contribution is 2.40. The smallest absolute Gasteiger partial charge is 0.289 e. The summed E-state index contributed by atoms with van der Waals surface area (Å²) in [5, 5.41) is 22.4. The van der Waals surface area contributed by atoms with E-state index in [-0.39, 0.29) is 30.7 Å². The molecule has 1 aliphatic heterocycles. The number of pyridine rings is 1. The van der Waals surface area contributed by atoms with Crippen LogP contribution in [-0.4, -0.2) is 48.0 Å². The highest BCUT2D eigenvalue weighted by molar-refractivity contribution is 5.99. The van der Waals surface area contributed by atoms with Crippen LogP contribution in [0.4, 0.5) is 14.5 Å². The van der Waals surface area contributed by atoms with Gasteiger partial charge >= 0.3 is 0 Å². The Bertz CT molecular complexity index is 1570. The Hall–Kier alpha value is -4.69. The van der Waals surface area contributed by atoms with Crippen molar-refractivity contribution in [3.8, 4) is 34.4 Å². The van der Waals surface area contributed by atoms with Crippen LogP contribution in [0.1, 0.15) is 12.5 Å². The van der Waals surface area contributed by atoms with Crippen LogP contribution in [-0.2, 0) is 4.74 Å². The Morgan fingerprint density at radius 1 is 1.21 bits per heavy atom. The molecule has 0 aliphatic carbocycles. The minimum absolute atomic E-state index is 0.0796. The second kappa shape index (κ2) is 9.99. The van der Waals surface area contributed by atoms with Gasteiger partial charge in [0.25, 0.3) is 6.02 Å². The molecule has 0 fully saturated rings. The van der Waals surface area contributed by atoms with Crippen molar-refractivity contribution in [3.63, 3.8) is 0 Å². The van der Waals surface area contributed by atoms with Crippen molar-refractivity contribution in [2.24, 2.45) is 10.4 Å². The molecule has 0 amide bonds. The number of methoxy groups -OCH3 is 1. The lowest BCUT2D eigenvalue weighted by atomic mass is 9.93. The van der Waals surface area contributed by atoms with E-state index in [2.05, 4.69) is 26.3 Å². The summed E-state index contributed by atoms with van der Waals surface area (Å²) in [7, 11) is 1.47. The van der Waals surface area contributed by atoms with Gasteiger partial charge in [-0.3, -0.25) is 0 Å². The van der Waals surface area contributed by atoms with Gasteiger partial charge in [0.05, 0.1) is 25.6 Å². The molecule has 9 nitrogen and oxygen atoms in total. The Kier molecular flexibility index (Phi) is 6.57. The predicted molar refractivity (Wildman–Crippen MR) is 136 cm³/mol. The number of aliphatic imine (C=N–C) groups is 1. The molecule has 0 saturated carbocycles. The second-order valence-corrected chi connectivity index (χ2v) is 9.10. The third-order valence-corrected chi connectivity index (χ3v) is 6.19. The number of aliphatic hydroxyl groups excluding tert-OH is 1. The molecule has 38 heavy (non-hydrogen) atoms.